The van der Waals surface area contributed by atoms with E-state index in [0.29, 0.717) is 13.0 Å². The van der Waals surface area contributed by atoms with Gasteiger partial charge in [-0.3, -0.25) is 4.90 Å². The van der Waals surface area contributed by atoms with Gasteiger partial charge in [-0.2, -0.15) is 13.2 Å². The lowest BCUT2D eigenvalue weighted by Gasteiger charge is -2.38. The first-order valence-corrected chi connectivity index (χ1v) is 6.73. The van der Waals surface area contributed by atoms with Crippen LogP contribution in [0.15, 0.2) is 0 Å². The highest BCUT2D eigenvalue weighted by molar-refractivity contribution is 4.85. The van der Waals surface area contributed by atoms with Crippen LogP contribution in [0, 0.1) is 0 Å². The second-order valence-electron chi connectivity index (χ2n) is 5.30. The molecular formula is C13H27F3N2. The van der Waals surface area contributed by atoms with Gasteiger partial charge in [-0.25, -0.2) is 0 Å². The van der Waals surface area contributed by atoms with Gasteiger partial charge in [0.2, 0.25) is 0 Å². The molecule has 0 saturated heterocycles. The average molecular weight is 268 g/mol. The van der Waals surface area contributed by atoms with Crippen LogP contribution in [-0.4, -0.2) is 36.8 Å². The molecule has 0 aromatic rings. The number of nitrogens with zero attached hydrogens (tertiary/aromatic N) is 1. The van der Waals surface area contributed by atoms with Crippen molar-refractivity contribution in [3.8, 4) is 0 Å². The van der Waals surface area contributed by atoms with Gasteiger partial charge in [0.15, 0.2) is 0 Å². The summed E-state index contributed by atoms with van der Waals surface area (Å²) in [5.74, 6) is 0. The number of halogens is 3. The summed E-state index contributed by atoms with van der Waals surface area (Å²) < 4.78 is 36.4. The van der Waals surface area contributed by atoms with Crippen LogP contribution in [0.25, 0.3) is 0 Å². The van der Waals surface area contributed by atoms with Gasteiger partial charge >= 0.3 is 6.18 Å². The topological polar surface area (TPSA) is 29.3 Å². The quantitative estimate of drug-likeness (QED) is 0.648. The Labute approximate surface area is 109 Å². The Balaban J connectivity index is 4.15. The number of hydrogen-bond acceptors (Lipinski definition) is 2. The minimum Gasteiger partial charge on any atom is -0.329 e. The van der Waals surface area contributed by atoms with E-state index < -0.39 is 12.6 Å². The molecule has 1 unspecified atom stereocenters. The molecule has 0 heterocycles. The maximum atomic E-state index is 12.1. The Morgan fingerprint density at radius 1 is 1.06 bits per heavy atom. The Hall–Kier alpha value is -0.290. The molecule has 0 aliphatic rings. The van der Waals surface area contributed by atoms with E-state index in [4.69, 9.17) is 5.73 Å². The van der Waals surface area contributed by atoms with Gasteiger partial charge in [0, 0.05) is 18.5 Å². The first-order chi connectivity index (χ1) is 8.25. The molecule has 0 fully saturated rings. The van der Waals surface area contributed by atoms with Gasteiger partial charge in [0.1, 0.15) is 0 Å². The summed E-state index contributed by atoms with van der Waals surface area (Å²) in [5, 5.41) is 0. The van der Waals surface area contributed by atoms with E-state index in [1.807, 2.05) is 14.0 Å². The predicted molar refractivity (Wildman–Crippen MR) is 69.5 cm³/mol. The molecule has 0 spiro atoms. The highest BCUT2D eigenvalue weighted by Crippen LogP contribution is 2.27. The van der Waals surface area contributed by atoms with Gasteiger partial charge in [-0.15, -0.1) is 0 Å². The summed E-state index contributed by atoms with van der Waals surface area (Å²) >= 11 is 0. The molecule has 5 heteroatoms. The third-order valence-corrected chi connectivity index (χ3v) is 3.63. The van der Waals surface area contributed by atoms with Crippen LogP contribution >= 0.6 is 0 Å². The molecule has 110 valence electrons. The van der Waals surface area contributed by atoms with Gasteiger partial charge in [0.25, 0.3) is 0 Å². The monoisotopic (exact) mass is 268 g/mol. The summed E-state index contributed by atoms with van der Waals surface area (Å²) in [6.07, 6.45) is -0.778. The molecule has 0 amide bonds. The van der Waals surface area contributed by atoms with E-state index in [9.17, 15) is 13.2 Å². The van der Waals surface area contributed by atoms with Crippen molar-refractivity contribution < 1.29 is 13.2 Å². The minimum atomic E-state index is -4.06. The number of unbranched alkanes of at least 4 members (excludes halogenated alkanes) is 2. The Kier molecular flexibility index (Phi) is 7.87. The predicted octanol–water partition coefficient (Wildman–Crippen LogP) is 3.56. The molecule has 0 rings (SSSR count). The highest BCUT2D eigenvalue weighted by atomic mass is 19.4. The minimum absolute atomic E-state index is 0.148. The molecule has 0 aliphatic carbocycles. The molecular weight excluding hydrogens is 241 g/mol. The van der Waals surface area contributed by atoms with Crippen LogP contribution in [0.1, 0.15) is 52.4 Å². The largest absolute Gasteiger partial charge is 0.389 e. The molecule has 0 saturated carbocycles. The van der Waals surface area contributed by atoms with E-state index in [0.717, 1.165) is 25.8 Å². The average Bonchev–Trinajstić information content (AvgIpc) is 2.27. The fraction of sp³-hybridized carbons (Fsp3) is 1.00. The molecule has 18 heavy (non-hydrogen) atoms. The zero-order chi connectivity index (χ0) is 14.2. The molecule has 0 aliphatic heterocycles. The lowest BCUT2D eigenvalue weighted by molar-refractivity contribution is -0.136. The number of likely N-dealkylation sites (N-methyl/N-ethyl adjacent to an activating group) is 1. The highest BCUT2D eigenvalue weighted by Gasteiger charge is 2.31. The van der Waals surface area contributed by atoms with Crippen molar-refractivity contribution in [3.05, 3.63) is 0 Å². The third kappa shape index (κ3) is 7.21. The van der Waals surface area contributed by atoms with Crippen molar-refractivity contribution in [2.75, 3.05) is 20.1 Å². The van der Waals surface area contributed by atoms with Crippen molar-refractivity contribution >= 4 is 0 Å². The summed E-state index contributed by atoms with van der Waals surface area (Å²) in [7, 11) is 1.95. The molecule has 1 atom stereocenters. The van der Waals surface area contributed by atoms with Crippen molar-refractivity contribution in [2.45, 2.75) is 64.1 Å². The zero-order valence-electron chi connectivity index (χ0n) is 11.8. The summed E-state index contributed by atoms with van der Waals surface area (Å²) in [4.78, 5) is 2.11. The van der Waals surface area contributed by atoms with Crippen LogP contribution in [-0.2, 0) is 0 Å². The SMILES string of the molecule is CCCCCN(C)C(C)(CN)CCCC(F)(F)F. The third-order valence-electron chi connectivity index (χ3n) is 3.63. The van der Waals surface area contributed by atoms with Crippen molar-refractivity contribution in [3.63, 3.8) is 0 Å². The van der Waals surface area contributed by atoms with Crippen LogP contribution < -0.4 is 5.73 Å². The van der Waals surface area contributed by atoms with E-state index in [1.165, 1.54) is 0 Å². The van der Waals surface area contributed by atoms with Crippen LogP contribution in [0.2, 0.25) is 0 Å². The molecule has 0 radical (unpaired) electrons. The first-order valence-electron chi connectivity index (χ1n) is 6.73. The lowest BCUT2D eigenvalue weighted by atomic mass is 9.92. The van der Waals surface area contributed by atoms with Gasteiger partial charge in [-0.1, -0.05) is 19.8 Å². The number of alkyl halides is 3. The summed E-state index contributed by atoms with van der Waals surface area (Å²) in [5.41, 5.74) is 5.42. The molecule has 0 aromatic carbocycles. The van der Waals surface area contributed by atoms with E-state index in [-0.39, 0.29) is 12.0 Å². The normalized spacial score (nSPS) is 16.0. The van der Waals surface area contributed by atoms with Gasteiger partial charge in [0.05, 0.1) is 0 Å². The maximum absolute atomic E-state index is 12.1. The summed E-state index contributed by atoms with van der Waals surface area (Å²) in [6.45, 7) is 5.38. The van der Waals surface area contributed by atoms with E-state index >= 15 is 0 Å². The molecule has 0 bridgehead atoms. The lowest BCUT2D eigenvalue weighted by Crippen LogP contribution is -2.50. The van der Waals surface area contributed by atoms with Gasteiger partial charge in [-0.05, 0) is 39.8 Å². The van der Waals surface area contributed by atoms with E-state index in [2.05, 4.69) is 11.8 Å². The van der Waals surface area contributed by atoms with Gasteiger partial charge < -0.3 is 5.73 Å². The van der Waals surface area contributed by atoms with Crippen LogP contribution in [0.5, 0.6) is 0 Å². The van der Waals surface area contributed by atoms with Crippen LogP contribution in [0.3, 0.4) is 0 Å². The maximum Gasteiger partial charge on any atom is 0.389 e. The first kappa shape index (κ1) is 17.7. The molecule has 0 aromatic heterocycles. The van der Waals surface area contributed by atoms with E-state index in [1.54, 1.807) is 0 Å². The molecule has 2 N–H and O–H groups in total. The number of hydrogen-bond donors (Lipinski definition) is 1. The fourth-order valence-electron chi connectivity index (χ4n) is 1.99. The fourth-order valence-corrected chi connectivity index (χ4v) is 1.99. The Bertz CT molecular complexity index is 219. The zero-order valence-corrected chi connectivity index (χ0v) is 11.8. The standard InChI is InChI=1S/C13H27F3N2/c1-4-5-6-10-18(3)12(2,11-17)8-7-9-13(14,15)16/h4-11,17H2,1-3H3. The van der Waals surface area contributed by atoms with Crippen molar-refractivity contribution in [1.29, 1.82) is 0 Å². The molecule has 2 nitrogen and oxygen atoms in total. The smallest absolute Gasteiger partial charge is 0.329 e. The Morgan fingerprint density at radius 2 is 1.67 bits per heavy atom. The Morgan fingerprint density at radius 3 is 2.11 bits per heavy atom. The van der Waals surface area contributed by atoms with Crippen molar-refractivity contribution in [2.24, 2.45) is 5.73 Å². The second kappa shape index (κ2) is 8.00. The van der Waals surface area contributed by atoms with Crippen molar-refractivity contribution in [1.82, 2.24) is 4.90 Å². The summed E-state index contributed by atoms with van der Waals surface area (Å²) in [6, 6.07) is 0. The second-order valence-corrected chi connectivity index (χ2v) is 5.30. The number of rotatable bonds is 9. The van der Waals surface area contributed by atoms with Crippen LogP contribution in [0.4, 0.5) is 13.2 Å². The number of nitrogens with two attached hydrogens (primary N) is 1.